The summed E-state index contributed by atoms with van der Waals surface area (Å²) in [4.78, 5) is 29.2. The van der Waals surface area contributed by atoms with E-state index < -0.39 is 0 Å². The van der Waals surface area contributed by atoms with Gasteiger partial charge in [0.1, 0.15) is 0 Å². The minimum Gasteiger partial charge on any atom is -0.341 e. The third kappa shape index (κ3) is 5.47. The van der Waals surface area contributed by atoms with Gasteiger partial charge in [-0.1, -0.05) is 43.0 Å². The van der Waals surface area contributed by atoms with E-state index in [4.69, 9.17) is 0 Å². The minimum atomic E-state index is 0.0470. The van der Waals surface area contributed by atoms with Crippen molar-refractivity contribution in [1.82, 2.24) is 15.1 Å². The van der Waals surface area contributed by atoms with Crippen molar-refractivity contribution in [3.63, 3.8) is 0 Å². The third-order valence-electron chi connectivity index (χ3n) is 5.91. The summed E-state index contributed by atoms with van der Waals surface area (Å²) in [6, 6.07) is 6.65. The lowest BCUT2D eigenvalue weighted by atomic mass is 9.96. The van der Waals surface area contributed by atoms with Crippen LogP contribution in [0.4, 0.5) is 4.79 Å². The van der Waals surface area contributed by atoms with E-state index >= 15 is 0 Å². The van der Waals surface area contributed by atoms with Crippen LogP contribution in [0.1, 0.15) is 55.2 Å². The number of carbonyl (C=O) groups excluding carboxylic acids is 2. The smallest absolute Gasteiger partial charge is 0.317 e. The number of hydrogen-bond donors (Lipinski definition) is 1. The van der Waals surface area contributed by atoms with Crippen LogP contribution in [0.5, 0.6) is 0 Å². The van der Waals surface area contributed by atoms with Gasteiger partial charge in [-0.15, -0.1) is 0 Å². The predicted molar refractivity (Wildman–Crippen MR) is 108 cm³/mol. The van der Waals surface area contributed by atoms with E-state index in [1.165, 1.54) is 24.8 Å². The highest BCUT2D eigenvalue weighted by molar-refractivity contribution is 5.79. The summed E-state index contributed by atoms with van der Waals surface area (Å²) in [6.07, 6.45) is 7.20. The summed E-state index contributed by atoms with van der Waals surface area (Å²) >= 11 is 0. The van der Waals surface area contributed by atoms with E-state index in [9.17, 15) is 9.59 Å². The molecule has 5 nitrogen and oxygen atoms in total. The zero-order valence-electron chi connectivity index (χ0n) is 16.8. The molecule has 27 heavy (non-hydrogen) atoms. The predicted octanol–water partition coefficient (Wildman–Crippen LogP) is 3.42. The summed E-state index contributed by atoms with van der Waals surface area (Å²) in [7, 11) is 0. The van der Waals surface area contributed by atoms with Gasteiger partial charge >= 0.3 is 6.03 Å². The first-order valence-corrected chi connectivity index (χ1v) is 10.4. The van der Waals surface area contributed by atoms with Gasteiger partial charge in [0.05, 0.1) is 6.42 Å². The molecule has 0 bridgehead atoms. The van der Waals surface area contributed by atoms with Gasteiger partial charge in [0.25, 0.3) is 0 Å². The maximum absolute atomic E-state index is 12.8. The molecule has 1 saturated carbocycles. The molecule has 3 rings (SSSR count). The van der Waals surface area contributed by atoms with Crippen molar-refractivity contribution < 1.29 is 9.59 Å². The highest BCUT2D eigenvalue weighted by Crippen LogP contribution is 2.18. The number of rotatable bonds is 3. The average Bonchev–Trinajstić information content (AvgIpc) is 2.92. The van der Waals surface area contributed by atoms with E-state index in [1.807, 2.05) is 9.80 Å². The number of benzene rings is 1. The standard InChI is InChI=1S/C22H33N3O2/c1-17-9-10-18(2)19(15-17)16-21(26)24-11-6-12-25(14-13-24)22(27)23-20-7-4-3-5-8-20/h9-10,15,20H,3-8,11-14,16H2,1-2H3,(H,23,27). The third-order valence-corrected chi connectivity index (χ3v) is 5.91. The van der Waals surface area contributed by atoms with Crippen LogP contribution in [0.3, 0.4) is 0 Å². The van der Waals surface area contributed by atoms with Crippen molar-refractivity contribution in [3.05, 3.63) is 34.9 Å². The molecule has 1 heterocycles. The summed E-state index contributed by atoms with van der Waals surface area (Å²) in [5, 5.41) is 3.20. The number of nitrogens with one attached hydrogen (secondary N) is 1. The number of amides is 3. The topological polar surface area (TPSA) is 52.7 Å². The van der Waals surface area contributed by atoms with Crippen LogP contribution in [0.15, 0.2) is 18.2 Å². The number of aryl methyl sites for hydroxylation is 2. The molecule has 1 N–H and O–H groups in total. The first-order valence-electron chi connectivity index (χ1n) is 10.4. The first-order chi connectivity index (χ1) is 13.0. The van der Waals surface area contributed by atoms with Gasteiger partial charge in [-0.25, -0.2) is 4.79 Å². The van der Waals surface area contributed by atoms with Crippen molar-refractivity contribution in [2.75, 3.05) is 26.2 Å². The first kappa shape index (κ1) is 19.7. The Labute approximate surface area is 163 Å². The Morgan fingerprint density at radius 2 is 1.67 bits per heavy atom. The van der Waals surface area contributed by atoms with Gasteiger partial charge in [-0.05, 0) is 44.2 Å². The van der Waals surface area contributed by atoms with Crippen molar-refractivity contribution in [3.8, 4) is 0 Å². The fraction of sp³-hybridized carbons (Fsp3) is 0.636. The number of hydrogen-bond acceptors (Lipinski definition) is 2. The van der Waals surface area contributed by atoms with Crippen LogP contribution in [0.2, 0.25) is 0 Å². The summed E-state index contributed by atoms with van der Waals surface area (Å²) in [5.74, 6) is 0.165. The molecule has 1 saturated heterocycles. The highest BCUT2D eigenvalue weighted by Gasteiger charge is 2.24. The second kappa shape index (κ2) is 9.25. The lowest BCUT2D eigenvalue weighted by molar-refractivity contribution is -0.130. The highest BCUT2D eigenvalue weighted by atomic mass is 16.2. The quantitative estimate of drug-likeness (QED) is 0.885. The van der Waals surface area contributed by atoms with Gasteiger partial charge < -0.3 is 15.1 Å². The Balaban J connectivity index is 1.52. The van der Waals surface area contributed by atoms with Crippen LogP contribution in [0, 0.1) is 13.8 Å². The minimum absolute atomic E-state index is 0.0470. The second-order valence-corrected chi connectivity index (χ2v) is 8.11. The molecule has 3 amide bonds. The average molecular weight is 372 g/mol. The second-order valence-electron chi connectivity index (χ2n) is 8.11. The lowest BCUT2D eigenvalue weighted by Gasteiger charge is -2.27. The monoisotopic (exact) mass is 371 g/mol. The Hall–Kier alpha value is -2.04. The Morgan fingerprint density at radius 1 is 0.963 bits per heavy atom. The van der Waals surface area contributed by atoms with Crippen LogP contribution in [-0.4, -0.2) is 54.0 Å². The van der Waals surface area contributed by atoms with Crippen LogP contribution >= 0.6 is 0 Å². The normalized spacial score (nSPS) is 18.9. The fourth-order valence-electron chi connectivity index (χ4n) is 4.15. The van der Waals surface area contributed by atoms with Gasteiger partial charge in [0, 0.05) is 32.2 Å². The SMILES string of the molecule is Cc1ccc(C)c(CC(=O)N2CCCN(C(=O)NC3CCCCC3)CC2)c1. The lowest BCUT2D eigenvalue weighted by Crippen LogP contribution is -2.47. The molecule has 0 radical (unpaired) electrons. The van der Waals surface area contributed by atoms with Crippen LogP contribution in [0.25, 0.3) is 0 Å². The van der Waals surface area contributed by atoms with E-state index in [2.05, 4.69) is 37.4 Å². The summed E-state index contributed by atoms with van der Waals surface area (Å²) in [5.41, 5.74) is 3.46. The van der Waals surface area contributed by atoms with Crippen LogP contribution < -0.4 is 5.32 Å². The molecular weight excluding hydrogens is 338 g/mol. The zero-order chi connectivity index (χ0) is 19.2. The Kier molecular flexibility index (Phi) is 6.75. The maximum Gasteiger partial charge on any atom is 0.317 e. The molecule has 1 aliphatic heterocycles. The molecule has 148 valence electrons. The molecule has 1 aliphatic carbocycles. The largest absolute Gasteiger partial charge is 0.341 e. The van der Waals surface area contributed by atoms with Gasteiger partial charge in [0.15, 0.2) is 0 Å². The molecule has 1 aromatic rings. The van der Waals surface area contributed by atoms with Crippen LogP contribution in [-0.2, 0) is 11.2 Å². The van der Waals surface area contributed by atoms with Crippen molar-refractivity contribution >= 4 is 11.9 Å². The molecule has 1 aromatic carbocycles. The van der Waals surface area contributed by atoms with E-state index in [0.29, 0.717) is 25.6 Å². The van der Waals surface area contributed by atoms with E-state index in [-0.39, 0.29) is 11.9 Å². The molecule has 2 aliphatic rings. The van der Waals surface area contributed by atoms with Crippen molar-refractivity contribution in [2.45, 2.75) is 64.8 Å². The zero-order valence-corrected chi connectivity index (χ0v) is 16.8. The molecule has 0 spiro atoms. The molecule has 2 fully saturated rings. The van der Waals surface area contributed by atoms with Crippen molar-refractivity contribution in [1.29, 1.82) is 0 Å². The van der Waals surface area contributed by atoms with Gasteiger partial charge in [-0.3, -0.25) is 4.79 Å². The molecular formula is C22H33N3O2. The van der Waals surface area contributed by atoms with E-state index in [0.717, 1.165) is 43.5 Å². The van der Waals surface area contributed by atoms with Gasteiger partial charge in [-0.2, -0.15) is 0 Å². The molecule has 0 aromatic heterocycles. The molecule has 0 unspecified atom stereocenters. The van der Waals surface area contributed by atoms with E-state index in [1.54, 1.807) is 0 Å². The summed E-state index contributed by atoms with van der Waals surface area (Å²) in [6.45, 7) is 6.82. The number of carbonyl (C=O) groups is 2. The van der Waals surface area contributed by atoms with Gasteiger partial charge in [0.2, 0.25) is 5.91 Å². The fourth-order valence-corrected chi connectivity index (χ4v) is 4.15. The molecule has 5 heteroatoms. The Bertz CT molecular complexity index is 668. The van der Waals surface area contributed by atoms with Crippen molar-refractivity contribution in [2.24, 2.45) is 0 Å². The molecule has 0 atom stereocenters. The summed E-state index contributed by atoms with van der Waals surface area (Å²) < 4.78 is 0. The Morgan fingerprint density at radius 3 is 2.44 bits per heavy atom. The maximum atomic E-state index is 12.8. The number of urea groups is 1. The number of nitrogens with zero attached hydrogens (tertiary/aromatic N) is 2.